The number of aromatic nitrogens is 3. The van der Waals surface area contributed by atoms with Gasteiger partial charge in [0.15, 0.2) is 0 Å². The molecule has 4 heteroatoms. The molecule has 0 aliphatic carbocycles. The summed E-state index contributed by atoms with van der Waals surface area (Å²) in [5.74, 6) is 0.807. The Kier molecular flexibility index (Phi) is 3.24. The molecular weight excluding hydrogens is 214 g/mol. The van der Waals surface area contributed by atoms with Crippen molar-refractivity contribution in [3.63, 3.8) is 0 Å². The molecule has 1 atom stereocenters. The van der Waals surface area contributed by atoms with Gasteiger partial charge >= 0.3 is 0 Å². The zero-order valence-electron chi connectivity index (χ0n) is 10.2. The van der Waals surface area contributed by atoms with Gasteiger partial charge in [0.05, 0.1) is 5.60 Å². The van der Waals surface area contributed by atoms with Crippen LogP contribution in [0.25, 0.3) is 0 Å². The second-order valence-electron chi connectivity index (χ2n) is 4.31. The molecule has 90 valence electrons. The van der Waals surface area contributed by atoms with Crippen LogP contribution >= 0.6 is 0 Å². The lowest BCUT2D eigenvalue weighted by molar-refractivity contribution is 0.0543. The normalized spacial score (nSPS) is 14.5. The Morgan fingerprint density at radius 1 is 1.29 bits per heavy atom. The third kappa shape index (κ3) is 2.53. The van der Waals surface area contributed by atoms with Crippen LogP contribution < -0.4 is 0 Å². The number of aryl methyl sites for hydroxylation is 1. The van der Waals surface area contributed by atoms with Crippen molar-refractivity contribution >= 4 is 0 Å². The van der Waals surface area contributed by atoms with E-state index in [0.29, 0.717) is 6.42 Å². The fourth-order valence-corrected chi connectivity index (χ4v) is 1.90. The first-order valence-electron chi connectivity index (χ1n) is 5.78. The minimum atomic E-state index is -0.915. The fourth-order valence-electron chi connectivity index (χ4n) is 1.90. The Bertz CT molecular complexity index is 476. The molecule has 0 amide bonds. The molecule has 1 heterocycles. The van der Waals surface area contributed by atoms with Gasteiger partial charge < -0.3 is 5.11 Å². The molecule has 1 unspecified atom stereocenters. The van der Waals surface area contributed by atoms with Gasteiger partial charge in [0.25, 0.3) is 0 Å². The van der Waals surface area contributed by atoms with Crippen molar-refractivity contribution in [1.29, 1.82) is 0 Å². The fraction of sp³-hybridized carbons (Fsp3) is 0.385. The monoisotopic (exact) mass is 231 g/mol. The average molecular weight is 231 g/mol. The van der Waals surface area contributed by atoms with E-state index in [1.54, 1.807) is 11.6 Å². The zero-order chi connectivity index (χ0) is 12.3. The first kappa shape index (κ1) is 11.8. The lowest BCUT2D eigenvalue weighted by atomic mass is 9.92. The molecule has 0 spiro atoms. The van der Waals surface area contributed by atoms with E-state index in [4.69, 9.17) is 0 Å². The minimum absolute atomic E-state index is 0.463. The summed E-state index contributed by atoms with van der Waals surface area (Å²) < 4.78 is 1.80. The van der Waals surface area contributed by atoms with Crippen molar-refractivity contribution in [2.24, 2.45) is 0 Å². The van der Waals surface area contributed by atoms with Crippen LogP contribution in [0.15, 0.2) is 36.7 Å². The van der Waals surface area contributed by atoms with Crippen LogP contribution in [0.4, 0.5) is 0 Å². The molecule has 0 fully saturated rings. The summed E-state index contributed by atoms with van der Waals surface area (Å²) >= 11 is 0. The third-order valence-electron chi connectivity index (χ3n) is 2.89. The molecule has 2 rings (SSSR count). The summed E-state index contributed by atoms with van der Waals surface area (Å²) in [5, 5.41) is 14.6. The Morgan fingerprint density at radius 3 is 2.65 bits per heavy atom. The Balaban J connectivity index is 2.23. The zero-order valence-corrected chi connectivity index (χ0v) is 10.2. The van der Waals surface area contributed by atoms with Crippen LogP contribution in [0.3, 0.4) is 0 Å². The summed E-state index contributed by atoms with van der Waals surface area (Å²) in [5.41, 5.74) is -0.0213. The second kappa shape index (κ2) is 4.67. The molecule has 0 saturated heterocycles. The molecule has 2 aromatic rings. The van der Waals surface area contributed by atoms with Crippen molar-refractivity contribution < 1.29 is 5.11 Å². The van der Waals surface area contributed by atoms with E-state index in [1.807, 2.05) is 37.3 Å². The average Bonchev–Trinajstić information content (AvgIpc) is 2.77. The maximum atomic E-state index is 10.5. The van der Waals surface area contributed by atoms with Crippen LogP contribution in [0, 0.1) is 0 Å². The van der Waals surface area contributed by atoms with Gasteiger partial charge in [-0.2, -0.15) is 5.10 Å². The van der Waals surface area contributed by atoms with E-state index in [1.165, 1.54) is 6.33 Å². The van der Waals surface area contributed by atoms with Crippen molar-refractivity contribution in [3.8, 4) is 0 Å². The van der Waals surface area contributed by atoms with E-state index in [9.17, 15) is 5.11 Å². The van der Waals surface area contributed by atoms with E-state index in [0.717, 1.165) is 17.9 Å². The van der Waals surface area contributed by atoms with E-state index in [-0.39, 0.29) is 0 Å². The highest BCUT2D eigenvalue weighted by atomic mass is 16.3. The molecule has 0 aliphatic rings. The first-order valence-corrected chi connectivity index (χ1v) is 5.78. The maximum absolute atomic E-state index is 10.5. The van der Waals surface area contributed by atoms with Gasteiger partial charge in [-0.25, -0.2) is 4.98 Å². The molecule has 1 aromatic carbocycles. The number of rotatable bonds is 4. The maximum Gasteiger partial charge on any atom is 0.138 e. The summed E-state index contributed by atoms with van der Waals surface area (Å²) in [6.07, 6.45) is 1.99. The largest absolute Gasteiger partial charge is 0.385 e. The van der Waals surface area contributed by atoms with Gasteiger partial charge in [0.2, 0.25) is 0 Å². The molecule has 0 saturated carbocycles. The lowest BCUT2D eigenvalue weighted by Crippen LogP contribution is -2.26. The predicted molar refractivity (Wildman–Crippen MR) is 65.4 cm³/mol. The highest BCUT2D eigenvalue weighted by molar-refractivity contribution is 5.22. The molecule has 17 heavy (non-hydrogen) atoms. The third-order valence-corrected chi connectivity index (χ3v) is 2.89. The highest BCUT2D eigenvalue weighted by Gasteiger charge is 2.25. The number of hydrogen-bond acceptors (Lipinski definition) is 3. The molecule has 0 radical (unpaired) electrons. The molecular formula is C13H17N3O. The molecule has 0 aliphatic heterocycles. The van der Waals surface area contributed by atoms with E-state index >= 15 is 0 Å². The predicted octanol–water partition coefficient (Wildman–Crippen LogP) is 1.75. The molecule has 1 N–H and O–H groups in total. The van der Waals surface area contributed by atoms with Gasteiger partial charge in [-0.1, -0.05) is 30.3 Å². The van der Waals surface area contributed by atoms with Crippen molar-refractivity contribution in [1.82, 2.24) is 14.8 Å². The van der Waals surface area contributed by atoms with Crippen LogP contribution in [0.1, 0.15) is 25.2 Å². The standard InChI is InChI=1S/C13H17N3O/c1-3-16-12(14-10-15-16)9-13(2,17)11-7-5-4-6-8-11/h4-8,10,17H,3,9H2,1-2H3. The summed E-state index contributed by atoms with van der Waals surface area (Å²) in [7, 11) is 0. The van der Waals surface area contributed by atoms with Gasteiger partial charge in [-0.05, 0) is 19.4 Å². The summed E-state index contributed by atoms with van der Waals surface area (Å²) in [4.78, 5) is 4.19. The Hall–Kier alpha value is -1.68. The Morgan fingerprint density at radius 2 is 2.00 bits per heavy atom. The second-order valence-corrected chi connectivity index (χ2v) is 4.31. The van der Waals surface area contributed by atoms with Crippen molar-refractivity contribution in [3.05, 3.63) is 48.0 Å². The van der Waals surface area contributed by atoms with Crippen LogP contribution in [-0.4, -0.2) is 19.9 Å². The lowest BCUT2D eigenvalue weighted by Gasteiger charge is -2.23. The number of nitrogens with zero attached hydrogens (tertiary/aromatic N) is 3. The van der Waals surface area contributed by atoms with Crippen molar-refractivity contribution in [2.75, 3.05) is 0 Å². The van der Waals surface area contributed by atoms with Crippen LogP contribution in [-0.2, 0) is 18.6 Å². The van der Waals surface area contributed by atoms with Crippen LogP contribution in [0.2, 0.25) is 0 Å². The number of benzene rings is 1. The van der Waals surface area contributed by atoms with Crippen LogP contribution in [0.5, 0.6) is 0 Å². The van der Waals surface area contributed by atoms with Crippen molar-refractivity contribution in [2.45, 2.75) is 32.4 Å². The quantitative estimate of drug-likeness (QED) is 0.872. The topological polar surface area (TPSA) is 50.9 Å². The van der Waals surface area contributed by atoms with E-state index in [2.05, 4.69) is 10.1 Å². The van der Waals surface area contributed by atoms with Gasteiger partial charge in [0, 0.05) is 13.0 Å². The Labute approximate surface area is 101 Å². The SMILES string of the molecule is CCn1ncnc1CC(C)(O)c1ccccc1. The number of aliphatic hydroxyl groups is 1. The van der Waals surface area contributed by atoms with Gasteiger partial charge in [0.1, 0.15) is 12.2 Å². The highest BCUT2D eigenvalue weighted by Crippen LogP contribution is 2.24. The molecule has 1 aromatic heterocycles. The smallest absolute Gasteiger partial charge is 0.138 e. The summed E-state index contributed by atoms with van der Waals surface area (Å²) in [6, 6.07) is 9.64. The molecule has 4 nitrogen and oxygen atoms in total. The summed E-state index contributed by atoms with van der Waals surface area (Å²) in [6.45, 7) is 4.58. The molecule has 0 bridgehead atoms. The first-order chi connectivity index (χ1) is 8.13. The van der Waals surface area contributed by atoms with Gasteiger partial charge in [-0.15, -0.1) is 0 Å². The van der Waals surface area contributed by atoms with E-state index < -0.39 is 5.60 Å². The number of hydrogen-bond donors (Lipinski definition) is 1. The minimum Gasteiger partial charge on any atom is -0.385 e. The van der Waals surface area contributed by atoms with Gasteiger partial charge in [-0.3, -0.25) is 4.68 Å².